The van der Waals surface area contributed by atoms with Crippen molar-refractivity contribution >= 4 is 0 Å². The molecule has 2 heteroatoms. The summed E-state index contributed by atoms with van der Waals surface area (Å²) in [7, 11) is 0. The van der Waals surface area contributed by atoms with E-state index >= 15 is 0 Å². The van der Waals surface area contributed by atoms with Gasteiger partial charge in [-0.1, -0.05) is 13.0 Å². The average molecular weight is 207 g/mol. The Bertz CT molecular complexity index is 295. The summed E-state index contributed by atoms with van der Waals surface area (Å²) in [6.45, 7) is 9.11. The summed E-state index contributed by atoms with van der Waals surface area (Å²) < 4.78 is 11.0. The summed E-state index contributed by atoms with van der Waals surface area (Å²) in [6.07, 6.45) is 1.88. The Labute approximate surface area is 92.2 Å². The largest absolute Gasteiger partial charge is 0.490 e. The SMILES string of the molecule is [CH2]CCc1ccc(OCC)c(OCC)c1. The van der Waals surface area contributed by atoms with Crippen molar-refractivity contribution in [3.05, 3.63) is 30.7 Å². The van der Waals surface area contributed by atoms with Gasteiger partial charge < -0.3 is 9.47 Å². The number of hydrogen-bond acceptors (Lipinski definition) is 2. The molecule has 0 aromatic heterocycles. The molecule has 2 nitrogen and oxygen atoms in total. The molecule has 0 fully saturated rings. The molecule has 0 heterocycles. The van der Waals surface area contributed by atoms with Gasteiger partial charge in [-0.2, -0.15) is 0 Å². The lowest BCUT2D eigenvalue weighted by molar-refractivity contribution is 0.287. The van der Waals surface area contributed by atoms with Crippen LogP contribution in [0.15, 0.2) is 18.2 Å². The van der Waals surface area contributed by atoms with Crippen LogP contribution in [0, 0.1) is 6.92 Å². The number of benzene rings is 1. The van der Waals surface area contributed by atoms with Gasteiger partial charge in [0.1, 0.15) is 0 Å². The van der Waals surface area contributed by atoms with Crippen LogP contribution in [0.1, 0.15) is 25.8 Å². The van der Waals surface area contributed by atoms with Crippen molar-refractivity contribution in [1.29, 1.82) is 0 Å². The minimum atomic E-state index is 0.661. The molecule has 0 saturated heterocycles. The maximum absolute atomic E-state index is 5.53. The van der Waals surface area contributed by atoms with Crippen LogP contribution in [0.25, 0.3) is 0 Å². The highest BCUT2D eigenvalue weighted by atomic mass is 16.5. The molecule has 1 aromatic carbocycles. The average Bonchev–Trinajstić information content (AvgIpc) is 2.23. The molecule has 0 bridgehead atoms. The number of aryl methyl sites for hydroxylation is 1. The molecular formula is C13H19O2. The quantitative estimate of drug-likeness (QED) is 0.713. The Balaban J connectivity index is 2.87. The smallest absolute Gasteiger partial charge is 0.161 e. The van der Waals surface area contributed by atoms with Gasteiger partial charge in [0.05, 0.1) is 13.2 Å². The van der Waals surface area contributed by atoms with Gasteiger partial charge in [-0.15, -0.1) is 0 Å². The van der Waals surface area contributed by atoms with Crippen LogP contribution in [0.2, 0.25) is 0 Å². The highest BCUT2D eigenvalue weighted by molar-refractivity contribution is 5.43. The third kappa shape index (κ3) is 3.46. The van der Waals surface area contributed by atoms with E-state index in [9.17, 15) is 0 Å². The molecule has 1 radical (unpaired) electrons. The molecule has 0 aliphatic carbocycles. The van der Waals surface area contributed by atoms with Crippen molar-refractivity contribution in [3.63, 3.8) is 0 Å². The second-order valence-electron chi connectivity index (χ2n) is 3.25. The van der Waals surface area contributed by atoms with Gasteiger partial charge in [0.25, 0.3) is 0 Å². The molecule has 0 atom stereocenters. The first kappa shape index (κ1) is 11.9. The molecule has 0 aliphatic rings. The van der Waals surface area contributed by atoms with Gasteiger partial charge in [-0.3, -0.25) is 0 Å². The molecular weight excluding hydrogens is 188 g/mol. The lowest BCUT2D eigenvalue weighted by Crippen LogP contribution is -1.99. The van der Waals surface area contributed by atoms with Crippen molar-refractivity contribution < 1.29 is 9.47 Å². The lowest BCUT2D eigenvalue weighted by Gasteiger charge is -2.12. The lowest BCUT2D eigenvalue weighted by atomic mass is 10.1. The molecule has 0 amide bonds. The standard InChI is InChI=1S/C13H19O2/c1-4-7-11-8-9-12(14-5-2)13(10-11)15-6-3/h8-10H,1,4-7H2,2-3H3. The van der Waals surface area contributed by atoms with Crippen molar-refractivity contribution in [2.75, 3.05) is 13.2 Å². The molecule has 0 unspecified atom stereocenters. The van der Waals surface area contributed by atoms with Crippen LogP contribution in [0.3, 0.4) is 0 Å². The van der Waals surface area contributed by atoms with Crippen molar-refractivity contribution in [2.24, 2.45) is 0 Å². The summed E-state index contributed by atoms with van der Waals surface area (Å²) in [4.78, 5) is 0. The number of ether oxygens (including phenoxy) is 2. The van der Waals surface area contributed by atoms with E-state index in [0.29, 0.717) is 13.2 Å². The van der Waals surface area contributed by atoms with Gasteiger partial charge in [0, 0.05) is 0 Å². The van der Waals surface area contributed by atoms with Crippen molar-refractivity contribution in [1.82, 2.24) is 0 Å². The Morgan fingerprint density at radius 3 is 2.33 bits per heavy atom. The Morgan fingerprint density at radius 2 is 1.73 bits per heavy atom. The topological polar surface area (TPSA) is 18.5 Å². The van der Waals surface area contributed by atoms with Gasteiger partial charge >= 0.3 is 0 Å². The first-order valence-electron chi connectivity index (χ1n) is 5.49. The highest BCUT2D eigenvalue weighted by Crippen LogP contribution is 2.28. The van der Waals surface area contributed by atoms with Crippen LogP contribution < -0.4 is 9.47 Å². The molecule has 0 aliphatic heterocycles. The van der Waals surface area contributed by atoms with E-state index in [1.807, 2.05) is 26.0 Å². The molecule has 0 spiro atoms. The molecule has 0 saturated carbocycles. The maximum Gasteiger partial charge on any atom is 0.161 e. The Kier molecular flexibility index (Phi) is 5.02. The Hall–Kier alpha value is -1.18. The van der Waals surface area contributed by atoms with Crippen LogP contribution >= 0.6 is 0 Å². The van der Waals surface area contributed by atoms with E-state index in [-0.39, 0.29) is 0 Å². The molecule has 1 rings (SSSR count). The summed E-state index contributed by atoms with van der Waals surface area (Å²) in [6, 6.07) is 6.08. The highest BCUT2D eigenvalue weighted by Gasteiger charge is 2.05. The second-order valence-corrected chi connectivity index (χ2v) is 3.25. The molecule has 0 N–H and O–H groups in total. The van der Waals surface area contributed by atoms with Gasteiger partial charge in [0.2, 0.25) is 0 Å². The van der Waals surface area contributed by atoms with Gasteiger partial charge in [-0.25, -0.2) is 0 Å². The normalized spacial score (nSPS) is 10.1. The number of hydrogen-bond donors (Lipinski definition) is 0. The van der Waals surface area contributed by atoms with Crippen LogP contribution in [-0.2, 0) is 6.42 Å². The third-order valence-electron chi connectivity index (χ3n) is 2.07. The summed E-state index contributed by atoms with van der Waals surface area (Å²) in [5.74, 6) is 1.66. The fourth-order valence-electron chi connectivity index (χ4n) is 1.46. The monoisotopic (exact) mass is 207 g/mol. The predicted molar refractivity (Wildman–Crippen MR) is 62.5 cm³/mol. The zero-order valence-corrected chi connectivity index (χ0v) is 9.58. The van der Waals surface area contributed by atoms with Crippen molar-refractivity contribution in [3.8, 4) is 11.5 Å². The first-order valence-corrected chi connectivity index (χ1v) is 5.49. The van der Waals surface area contributed by atoms with E-state index in [1.165, 1.54) is 5.56 Å². The van der Waals surface area contributed by atoms with Crippen LogP contribution in [0.5, 0.6) is 11.5 Å². The minimum Gasteiger partial charge on any atom is -0.490 e. The summed E-state index contributed by atoms with van der Waals surface area (Å²) in [5.41, 5.74) is 1.25. The van der Waals surface area contributed by atoms with Crippen LogP contribution in [-0.4, -0.2) is 13.2 Å². The van der Waals surface area contributed by atoms with Gasteiger partial charge in [-0.05, 0) is 44.4 Å². The summed E-state index contributed by atoms with van der Waals surface area (Å²) in [5, 5.41) is 0. The third-order valence-corrected chi connectivity index (χ3v) is 2.07. The summed E-state index contributed by atoms with van der Waals surface area (Å²) >= 11 is 0. The van der Waals surface area contributed by atoms with E-state index in [0.717, 1.165) is 24.3 Å². The zero-order valence-electron chi connectivity index (χ0n) is 9.58. The van der Waals surface area contributed by atoms with E-state index in [1.54, 1.807) is 0 Å². The van der Waals surface area contributed by atoms with E-state index in [2.05, 4.69) is 13.0 Å². The first-order chi connectivity index (χ1) is 7.31. The molecule has 15 heavy (non-hydrogen) atoms. The second kappa shape index (κ2) is 6.33. The Morgan fingerprint density at radius 1 is 1.07 bits per heavy atom. The molecule has 83 valence electrons. The zero-order chi connectivity index (χ0) is 11.1. The van der Waals surface area contributed by atoms with Crippen molar-refractivity contribution in [2.45, 2.75) is 26.7 Å². The predicted octanol–water partition coefficient (Wildman–Crippen LogP) is 3.25. The molecule has 1 aromatic rings. The van der Waals surface area contributed by atoms with E-state index < -0.39 is 0 Å². The maximum atomic E-state index is 5.53. The minimum absolute atomic E-state index is 0.661. The fourth-order valence-corrected chi connectivity index (χ4v) is 1.46. The van der Waals surface area contributed by atoms with Gasteiger partial charge in [0.15, 0.2) is 11.5 Å². The number of rotatable bonds is 6. The fraction of sp³-hybridized carbons (Fsp3) is 0.462. The van der Waals surface area contributed by atoms with E-state index in [4.69, 9.17) is 9.47 Å². The van der Waals surface area contributed by atoms with Crippen LogP contribution in [0.4, 0.5) is 0 Å².